The van der Waals surface area contributed by atoms with E-state index in [4.69, 9.17) is 14.2 Å². The molecule has 0 N–H and O–H groups in total. The quantitative estimate of drug-likeness (QED) is 0.516. The van der Waals surface area contributed by atoms with E-state index in [1.54, 1.807) is 43.8 Å². The van der Waals surface area contributed by atoms with Crippen LogP contribution in [0.5, 0.6) is 11.5 Å². The number of nitrogens with zero attached hydrogens (tertiary/aromatic N) is 3. The average Bonchev–Trinajstić information content (AvgIpc) is 2.83. The van der Waals surface area contributed by atoms with Crippen molar-refractivity contribution >= 4 is 5.91 Å². The van der Waals surface area contributed by atoms with Gasteiger partial charge in [0.2, 0.25) is 0 Å². The van der Waals surface area contributed by atoms with Crippen molar-refractivity contribution in [3.8, 4) is 11.5 Å². The van der Waals surface area contributed by atoms with Crippen molar-refractivity contribution in [1.82, 2.24) is 14.8 Å². The number of ether oxygens (including phenoxy) is 3. The monoisotopic (exact) mass is 425 g/mol. The minimum atomic E-state index is -0.0349. The second-order valence-electron chi connectivity index (χ2n) is 7.36. The number of rotatable bonds is 11. The fourth-order valence-electron chi connectivity index (χ4n) is 3.52. The van der Waals surface area contributed by atoms with Gasteiger partial charge in [-0.05, 0) is 42.3 Å². The number of aromatic nitrogens is 1. The van der Waals surface area contributed by atoms with E-state index in [-0.39, 0.29) is 5.91 Å². The Labute approximate surface area is 184 Å². The molecule has 1 saturated heterocycles. The Hall–Kier alpha value is -2.90. The second kappa shape index (κ2) is 12.1. The van der Waals surface area contributed by atoms with E-state index in [1.165, 1.54) is 0 Å². The third kappa shape index (κ3) is 6.80. The second-order valence-corrected chi connectivity index (χ2v) is 7.36. The Balaban J connectivity index is 1.71. The Bertz CT molecular complexity index is 838. The van der Waals surface area contributed by atoms with Crippen LogP contribution in [0.1, 0.15) is 22.3 Å². The summed E-state index contributed by atoms with van der Waals surface area (Å²) < 4.78 is 16.5. The van der Waals surface area contributed by atoms with Crippen LogP contribution in [0.4, 0.5) is 0 Å². The van der Waals surface area contributed by atoms with Crippen molar-refractivity contribution in [2.24, 2.45) is 0 Å². The molecule has 0 unspecified atom stereocenters. The highest BCUT2D eigenvalue weighted by Gasteiger charge is 2.19. The van der Waals surface area contributed by atoms with Crippen molar-refractivity contribution in [2.45, 2.75) is 13.0 Å². The molecule has 0 spiro atoms. The third-order valence-electron chi connectivity index (χ3n) is 5.18. The predicted octanol–water partition coefficient (Wildman–Crippen LogP) is 3.02. The van der Waals surface area contributed by atoms with E-state index in [9.17, 15) is 4.79 Å². The molecule has 3 rings (SSSR count). The smallest absolute Gasteiger partial charge is 0.254 e. The zero-order valence-corrected chi connectivity index (χ0v) is 18.2. The first kappa shape index (κ1) is 22.8. The Morgan fingerprint density at radius 2 is 2.00 bits per heavy atom. The predicted molar refractivity (Wildman–Crippen MR) is 120 cm³/mol. The van der Waals surface area contributed by atoms with Gasteiger partial charge in [-0.3, -0.25) is 14.7 Å². The SMILES string of the molecule is C=CCOc1ccc(C(=O)N(CCCN2CCOCC2)Cc2ccncc2)cc1OC. The first-order valence-electron chi connectivity index (χ1n) is 10.6. The summed E-state index contributed by atoms with van der Waals surface area (Å²) >= 11 is 0. The van der Waals surface area contributed by atoms with E-state index in [0.717, 1.165) is 44.8 Å². The third-order valence-corrected chi connectivity index (χ3v) is 5.18. The first-order valence-corrected chi connectivity index (χ1v) is 10.6. The summed E-state index contributed by atoms with van der Waals surface area (Å²) in [7, 11) is 1.57. The molecule has 1 amide bonds. The van der Waals surface area contributed by atoms with Crippen LogP contribution in [0, 0.1) is 0 Å². The van der Waals surface area contributed by atoms with Gasteiger partial charge in [0, 0.05) is 50.7 Å². The number of morpholine rings is 1. The van der Waals surface area contributed by atoms with Gasteiger partial charge in [-0.1, -0.05) is 12.7 Å². The Kier molecular flexibility index (Phi) is 8.87. The van der Waals surface area contributed by atoms with Gasteiger partial charge in [0.1, 0.15) is 6.61 Å². The van der Waals surface area contributed by atoms with Crippen LogP contribution in [0.25, 0.3) is 0 Å². The molecular weight excluding hydrogens is 394 g/mol. The summed E-state index contributed by atoms with van der Waals surface area (Å²) in [5.74, 6) is 1.09. The topological polar surface area (TPSA) is 64.1 Å². The number of hydrogen-bond donors (Lipinski definition) is 0. The normalized spacial score (nSPS) is 14.1. The highest BCUT2D eigenvalue weighted by atomic mass is 16.5. The van der Waals surface area contributed by atoms with Gasteiger partial charge < -0.3 is 19.1 Å². The summed E-state index contributed by atoms with van der Waals surface area (Å²) in [5, 5.41) is 0. The minimum Gasteiger partial charge on any atom is -0.493 e. The Morgan fingerprint density at radius 3 is 2.71 bits per heavy atom. The van der Waals surface area contributed by atoms with E-state index in [1.807, 2.05) is 17.0 Å². The molecule has 31 heavy (non-hydrogen) atoms. The standard InChI is InChI=1S/C24H31N3O4/c1-3-15-31-22-6-5-21(18-23(22)29-2)24(28)27(19-20-7-9-25-10-8-20)12-4-11-26-13-16-30-17-14-26/h3,5-10,18H,1,4,11-17,19H2,2H3. The fraction of sp³-hybridized carbons (Fsp3) is 0.417. The first-order chi connectivity index (χ1) is 15.2. The maximum Gasteiger partial charge on any atom is 0.254 e. The zero-order valence-electron chi connectivity index (χ0n) is 18.2. The van der Waals surface area contributed by atoms with Crippen LogP contribution in [0.3, 0.4) is 0 Å². The summed E-state index contributed by atoms with van der Waals surface area (Å²) in [5.41, 5.74) is 1.62. The van der Waals surface area contributed by atoms with Gasteiger partial charge in [-0.25, -0.2) is 0 Å². The summed E-state index contributed by atoms with van der Waals surface area (Å²) in [4.78, 5) is 21.7. The molecule has 1 aliphatic rings. The molecule has 0 aliphatic carbocycles. The van der Waals surface area contributed by atoms with Crippen LogP contribution in [-0.4, -0.2) is 73.8 Å². The van der Waals surface area contributed by atoms with Gasteiger partial charge in [0.05, 0.1) is 20.3 Å². The summed E-state index contributed by atoms with van der Waals surface area (Å²) in [6.45, 7) is 9.62. The average molecular weight is 426 g/mol. The molecule has 1 aromatic heterocycles. The lowest BCUT2D eigenvalue weighted by Crippen LogP contribution is -2.39. The molecule has 0 saturated carbocycles. The molecule has 1 aromatic carbocycles. The zero-order chi connectivity index (χ0) is 21.9. The molecule has 0 radical (unpaired) electrons. The molecule has 1 fully saturated rings. The number of carbonyl (C=O) groups excluding carboxylic acids is 1. The molecular formula is C24H31N3O4. The van der Waals surface area contributed by atoms with Crippen molar-refractivity contribution in [2.75, 3.05) is 53.1 Å². The maximum absolute atomic E-state index is 13.4. The molecule has 0 bridgehead atoms. The number of hydrogen-bond acceptors (Lipinski definition) is 6. The lowest BCUT2D eigenvalue weighted by atomic mass is 10.1. The molecule has 7 nitrogen and oxygen atoms in total. The van der Waals surface area contributed by atoms with Gasteiger partial charge >= 0.3 is 0 Å². The van der Waals surface area contributed by atoms with Gasteiger partial charge in [-0.2, -0.15) is 0 Å². The Morgan fingerprint density at radius 1 is 1.23 bits per heavy atom. The highest BCUT2D eigenvalue weighted by molar-refractivity contribution is 5.95. The molecule has 0 atom stereocenters. The van der Waals surface area contributed by atoms with E-state index in [0.29, 0.717) is 36.8 Å². The van der Waals surface area contributed by atoms with Crippen molar-refractivity contribution in [1.29, 1.82) is 0 Å². The summed E-state index contributed by atoms with van der Waals surface area (Å²) in [6.07, 6.45) is 6.07. The van der Waals surface area contributed by atoms with E-state index >= 15 is 0 Å². The van der Waals surface area contributed by atoms with Crippen LogP contribution in [0.2, 0.25) is 0 Å². The summed E-state index contributed by atoms with van der Waals surface area (Å²) in [6, 6.07) is 9.17. The molecule has 7 heteroatoms. The van der Waals surface area contributed by atoms with Crippen LogP contribution >= 0.6 is 0 Å². The molecule has 2 aromatic rings. The van der Waals surface area contributed by atoms with Gasteiger partial charge in [0.15, 0.2) is 11.5 Å². The van der Waals surface area contributed by atoms with Gasteiger partial charge in [0.25, 0.3) is 5.91 Å². The van der Waals surface area contributed by atoms with E-state index in [2.05, 4.69) is 16.5 Å². The number of carbonyl (C=O) groups is 1. The van der Waals surface area contributed by atoms with E-state index < -0.39 is 0 Å². The number of amides is 1. The van der Waals surface area contributed by atoms with Crippen LogP contribution in [-0.2, 0) is 11.3 Å². The molecule has 1 aliphatic heterocycles. The number of benzene rings is 1. The van der Waals surface area contributed by atoms with Crippen molar-refractivity contribution in [3.63, 3.8) is 0 Å². The van der Waals surface area contributed by atoms with Crippen LogP contribution in [0.15, 0.2) is 55.4 Å². The van der Waals surface area contributed by atoms with Crippen molar-refractivity contribution < 1.29 is 19.0 Å². The fourth-order valence-corrected chi connectivity index (χ4v) is 3.52. The lowest BCUT2D eigenvalue weighted by molar-refractivity contribution is 0.0355. The molecule has 2 heterocycles. The minimum absolute atomic E-state index is 0.0349. The highest BCUT2D eigenvalue weighted by Crippen LogP contribution is 2.29. The van der Waals surface area contributed by atoms with Crippen molar-refractivity contribution in [3.05, 3.63) is 66.5 Å². The lowest BCUT2D eigenvalue weighted by Gasteiger charge is -2.28. The largest absolute Gasteiger partial charge is 0.493 e. The molecule has 166 valence electrons. The number of pyridine rings is 1. The van der Waals surface area contributed by atoms with Crippen LogP contribution < -0.4 is 9.47 Å². The van der Waals surface area contributed by atoms with Gasteiger partial charge in [-0.15, -0.1) is 0 Å². The maximum atomic E-state index is 13.4. The number of methoxy groups -OCH3 is 1.